The van der Waals surface area contributed by atoms with Crippen LogP contribution in [0.1, 0.15) is 12.0 Å². The van der Waals surface area contributed by atoms with Crippen molar-refractivity contribution in [3.63, 3.8) is 0 Å². The minimum Gasteiger partial charge on any atom is -0.481 e. The molecule has 1 aromatic rings. The summed E-state index contributed by atoms with van der Waals surface area (Å²) in [7, 11) is 0. The van der Waals surface area contributed by atoms with Crippen LogP contribution >= 0.6 is 0 Å². The largest absolute Gasteiger partial charge is 0.481 e. The van der Waals surface area contributed by atoms with Gasteiger partial charge in [0.05, 0.1) is 19.1 Å². The number of carbonyl (C=O) groups is 2. The second-order valence-corrected chi connectivity index (χ2v) is 4.35. The van der Waals surface area contributed by atoms with Crippen LogP contribution < -0.4 is 5.73 Å². The molecule has 1 aromatic carbocycles. The standard InChI is InChI=1S/C12H15NO4.C2H6O2/c13-10(12(16)17)7-9(11(14)15)6-8-4-2-1-3-5-8;3-1-2-4/h1-5,9-10H,6-7,13H2,(H,14,15)(H,16,17);3-4H,1-2H2. The number of benzene rings is 1. The number of hydrogen-bond donors (Lipinski definition) is 5. The molecule has 21 heavy (non-hydrogen) atoms. The SMILES string of the molecule is NC(CC(Cc1ccccc1)C(=O)O)C(=O)O.OCCO. The number of carboxylic acid groups (broad SMARTS) is 2. The molecule has 2 unspecified atom stereocenters. The number of hydrogen-bond acceptors (Lipinski definition) is 5. The third-order valence-electron chi connectivity index (χ3n) is 2.63. The highest BCUT2D eigenvalue weighted by Crippen LogP contribution is 2.14. The molecular formula is C14H21NO6. The Labute approximate surface area is 122 Å². The van der Waals surface area contributed by atoms with E-state index < -0.39 is 23.9 Å². The van der Waals surface area contributed by atoms with Gasteiger partial charge in [0, 0.05) is 0 Å². The average Bonchev–Trinajstić information content (AvgIpc) is 2.47. The Morgan fingerprint density at radius 1 is 1.00 bits per heavy atom. The zero-order chi connectivity index (χ0) is 16.3. The first-order chi connectivity index (χ1) is 9.92. The number of aliphatic carboxylic acids is 2. The molecular weight excluding hydrogens is 278 g/mol. The summed E-state index contributed by atoms with van der Waals surface area (Å²) in [6.07, 6.45) is 0.219. The van der Waals surface area contributed by atoms with Gasteiger partial charge in [-0.25, -0.2) is 0 Å². The van der Waals surface area contributed by atoms with E-state index in [-0.39, 0.29) is 26.1 Å². The van der Waals surface area contributed by atoms with E-state index in [1.807, 2.05) is 30.3 Å². The first-order valence-electron chi connectivity index (χ1n) is 6.39. The molecule has 1 rings (SSSR count). The van der Waals surface area contributed by atoms with Gasteiger partial charge in [0.2, 0.25) is 0 Å². The van der Waals surface area contributed by atoms with Crippen LogP contribution in [0, 0.1) is 5.92 Å². The van der Waals surface area contributed by atoms with Crippen LogP contribution in [0.5, 0.6) is 0 Å². The van der Waals surface area contributed by atoms with Crippen molar-refractivity contribution >= 4 is 11.9 Å². The van der Waals surface area contributed by atoms with Crippen LogP contribution in [0.15, 0.2) is 30.3 Å². The van der Waals surface area contributed by atoms with Gasteiger partial charge in [0.1, 0.15) is 6.04 Å². The molecule has 6 N–H and O–H groups in total. The molecule has 0 radical (unpaired) electrons. The molecule has 0 fully saturated rings. The fourth-order valence-electron chi connectivity index (χ4n) is 1.58. The van der Waals surface area contributed by atoms with Crippen LogP contribution in [0.4, 0.5) is 0 Å². The van der Waals surface area contributed by atoms with Crippen molar-refractivity contribution in [1.82, 2.24) is 0 Å². The smallest absolute Gasteiger partial charge is 0.320 e. The Balaban J connectivity index is 0.000000885. The first kappa shape index (κ1) is 19.0. The van der Waals surface area contributed by atoms with E-state index in [2.05, 4.69) is 0 Å². The lowest BCUT2D eigenvalue weighted by Gasteiger charge is -2.14. The molecule has 0 bridgehead atoms. The van der Waals surface area contributed by atoms with Crippen LogP contribution in [-0.4, -0.2) is 51.6 Å². The lowest BCUT2D eigenvalue weighted by atomic mass is 9.93. The second kappa shape index (κ2) is 10.8. The predicted molar refractivity (Wildman–Crippen MR) is 75.7 cm³/mol. The van der Waals surface area contributed by atoms with Gasteiger partial charge in [-0.1, -0.05) is 30.3 Å². The number of rotatable bonds is 7. The van der Waals surface area contributed by atoms with Crippen LogP contribution in [-0.2, 0) is 16.0 Å². The number of carboxylic acids is 2. The lowest BCUT2D eigenvalue weighted by Crippen LogP contribution is -2.35. The molecule has 0 aromatic heterocycles. The molecule has 0 aliphatic carbocycles. The fourth-order valence-corrected chi connectivity index (χ4v) is 1.58. The van der Waals surface area contributed by atoms with Crippen LogP contribution in [0.25, 0.3) is 0 Å². The Kier molecular flexibility index (Phi) is 9.78. The van der Waals surface area contributed by atoms with Crippen molar-refractivity contribution in [2.45, 2.75) is 18.9 Å². The number of aliphatic hydroxyl groups is 2. The molecule has 7 heteroatoms. The summed E-state index contributed by atoms with van der Waals surface area (Å²) in [4.78, 5) is 21.6. The normalized spacial score (nSPS) is 12.7. The fraction of sp³-hybridized carbons (Fsp3) is 0.429. The highest BCUT2D eigenvalue weighted by Gasteiger charge is 2.24. The maximum atomic E-state index is 11.0. The van der Waals surface area contributed by atoms with E-state index in [1.165, 1.54) is 0 Å². The van der Waals surface area contributed by atoms with Crippen molar-refractivity contribution in [3.05, 3.63) is 35.9 Å². The monoisotopic (exact) mass is 299 g/mol. The Morgan fingerprint density at radius 3 is 1.90 bits per heavy atom. The van der Waals surface area contributed by atoms with Gasteiger partial charge in [-0.2, -0.15) is 0 Å². The highest BCUT2D eigenvalue weighted by atomic mass is 16.4. The summed E-state index contributed by atoms with van der Waals surface area (Å²) in [5, 5.41) is 32.9. The molecule has 0 spiro atoms. The van der Waals surface area contributed by atoms with E-state index in [1.54, 1.807) is 0 Å². The van der Waals surface area contributed by atoms with E-state index in [4.69, 9.17) is 26.2 Å². The highest BCUT2D eigenvalue weighted by molar-refractivity contribution is 5.76. The number of nitrogens with two attached hydrogens (primary N) is 1. The molecule has 118 valence electrons. The minimum atomic E-state index is -1.18. The molecule has 0 saturated heterocycles. The van der Waals surface area contributed by atoms with Gasteiger partial charge in [0.15, 0.2) is 0 Å². The summed E-state index contributed by atoms with van der Waals surface area (Å²) in [5.41, 5.74) is 6.20. The van der Waals surface area contributed by atoms with Crippen molar-refractivity contribution in [2.24, 2.45) is 11.7 Å². The van der Waals surface area contributed by atoms with E-state index >= 15 is 0 Å². The molecule has 7 nitrogen and oxygen atoms in total. The molecule has 0 aliphatic heterocycles. The van der Waals surface area contributed by atoms with Crippen molar-refractivity contribution in [2.75, 3.05) is 13.2 Å². The molecule has 0 heterocycles. The lowest BCUT2D eigenvalue weighted by molar-refractivity contribution is -0.143. The van der Waals surface area contributed by atoms with Gasteiger partial charge in [-0.3, -0.25) is 9.59 Å². The summed E-state index contributed by atoms with van der Waals surface area (Å²) in [6, 6.07) is 7.93. The van der Waals surface area contributed by atoms with E-state index in [0.717, 1.165) is 5.56 Å². The molecule has 0 amide bonds. The Hall–Kier alpha value is -1.96. The van der Waals surface area contributed by atoms with E-state index in [9.17, 15) is 9.59 Å². The topological polar surface area (TPSA) is 141 Å². The van der Waals surface area contributed by atoms with Crippen molar-refractivity contribution < 1.29 is 30.0 Å². The Bertz CT molecular complexity index is 421. The molecule has 0 saturated carbocycles. The van der Waals surface area contributed by atoms with Crippen LogP contribution in [0.3, 0.4) is 0 Å². The number of aliphatic hydroxyl groups excluding tert-OH is 2. The Morgan fingerprint density at radius 2 is 1.52 bits per heavy atom. The maximum absolute atomic E-state index is 11.0. The summed E-state index contributed by atoms with van der Waals surface area (Å²) in [6.45, 7) is -0.250. The molecule has 0 aliphatic rings. The van der Waals surface area contributed by atoms with Gasteiger partial charge in [-0.05, 0) is 18.4 Å². The zero-order valence-corrected chi connectivity index (χ0v) is 11.6. The first-order valence-corrected chi connectivity index (χ1v) is 6.39. The van der Waals surface area contributed by atoms with Gasteiger partial charge >= 0.3 is 11.9 Å². The van der Waals surface area contributed by atoms with E-state index in [0.29, 0.717) is 0 Å². The van der Waals surface area contributed by atoms with Gasteiger partial charge in [-0.15, -0.1) is 0 Å². The quantitative estimate of drug-likeness (QED) is 0.465. The summed E-state index contributed by atoms with van der Waals surface area (Å²) in [5.74, 6) is -2.97. The van der Waals surface area contributed by atoms with Gasteiger partial charge in [0.25, 0.3) is 0 Å². The second-order valence-electron chi connectivity index (χ2n) is 4.35. The summed E-state index contributed by atoms with van der Waals surface area (Å²) < 4.78 is 0. The minimum absolute atomic E-state index is 0.0699. The third kappa shape index (κ3) is 8.74. The summed E-state index contributed by atoms with van der Waals surface area (Å²) >= 11 is 0. The molecule has 2 atom stereocenters. The zero-order valence-electron chi connectivity index (χ0n) is 11.6. The maximum Gasteiger partial charge on any atom is 0.320 e. The van der Waals surface area contributed by atoms with Crippen molar-refractivity contribution in [1.29, 1.82) is 0 Å². The van der Waals surface area contributed by atoms with Crippen LogP contribution in [0.2, 0.25) is 0 Å². The third-order valence-corrected chi connectivity index (χ3v) is 2.63. The average molecular weight is 299 g/mol. The predicted octanol–water partition coefficient (Wildman–Crippen LogP) is -0.297. The van der Waals surface area contributed by atoms with Gasteiger partial charge < -0.3 is 26.2 Å². The van der Waals surface area contributed by atoms with Crippen molar-refractivity contribution in [3.8, 4) is 0 Å².